The Bertz CT molecular complexity index is 926. The number of hydroxylamine groups is 4. The van der Waals surface area contributed by atoms with Crippen LogP contribution in [0.3, 0.4) is 0 Å². The third kappa shape index (κ3) is 4.88. The summed E-state index contributed by atoms with van der Waals surface area (Å²) in [5, 5.41) is 3.63. The zero-order valence-electron chi connectivity index (χ0n) is 19.7. The summed E-state index contributed by atoms with van der Waals surface area (Å²) in [4.78, 5) is 37.7. The number of rotatable bonds is 8. The van der Waals surface area contributed by atoms with Crippen molar-refractivity contribution < 1.29 is 33.5 Å². The molecule has 182 valence electrons. The Hall–Kier alpha value is -2.17. The largest absolute Gasteiger partial charge is 0.513 e. The number of aryl methyl sites for hydroxylation is 1. The van der Waals surface area contributed by atoms with Gasteiger partial charge in [0.2, 0.25) is 0 Å². The molecule has 3 rings (SSSR count). The number of piperidine rings is 1. The van der Waals surface area contributed by atoms with Gasteiger partial charge < -0.3 is 19.0 Å². The minimum Gasteiger partial charge on any atom is -0.434 e. The van der Waals surface area contributed by atoms with Gasteiger partial charge in [-0.05, 0) is 56.4 Å². The van der Waals surface area contributed by atoms with Gasteiger partial charge >= 0.3 is 6.16 Å². The summed E-state index contributed by atoms with van der Waals surface area (Å²) < 4.78 is 16.0. The molecule has 2 aliphatic heterocycles. The molecule has 33 heavy (non-hydrogen) atoms. The zero-order valence-corrected chi connectivity index (χ0v) is 20.5. The second-order valence-electron chi connectivity index (χ2n) is 7.92. The van der Waals surface area contributed by atoms with Gasteiger partial charge in [0.15, 0.2) is 5.76 Å². The SMILES string of the molecule is CCOC(=O)OC1=C(c2c(C)ccc(Cl)c2C)C(=O)N(OCCOC)C12CCN(OC)CC2. The summed E-state index contributed by atoms with van der Waals surface area (Å²) in [6, 6.07) is 3.61. The summed E-state index contributed by atoms with van der Waals surface area (Å²) in [6.45, 7) is 7.01. The molecule has 0 radical (unpaired) electrons. The number of amides is 1. The number of carbonyl (C=O) groups is 2. The van der Waals surface area contributed by atoms with E-state index >= 15 is 0 Å². The van der Waals surface area contributed by atoms with Crippen LogP contribution < -0.4 is 0 Å². The normalized spacial score (nSPS) is 18.4. The molecule has 1 aromatic rings. The Morgan fingerprint density at radius 2 is 1.85 bits per heavy atom. The number of methoxy groups -OCH3 is 1. The predicted octanol–water partition coefficient (Wildman–Crippen LogP) is 3.66. The molecule has 0 unspecified atom stereocenters. The third-order valence-electron chi connectivity index (χ3n) is 6.06. The van der Waals surface area contributed by atoms with E-state index in [-0.39, 0.29) is 24.5 Å². The fourth-order valence-corrected chi connectivity index (χ4v) is 4.54. The van der Waals surface area contributed by atoms with Crippen LogP contribution in [0, 0.1) is 13.8 Å². The Kier molecular flexibility index (Phi) is 8.36. The molecule has 1 fully saturated rings. The number of hydrogen-bond acceptors (Lipinski definition) is 8. The fraction of sp³-hybridized carbons (Fsp3) is 0.565. The van der Waals surface area contributed by atoms with E-state index in [4.69, 9.17) is 35.5 Å². The van der Waals surface area contributed by atoms with E-state index < -0.39 is 17.6 Å². The highest BCUT2D eigenvalue weighted by Crippen LogP contribution is 2.48. The number of carbonyl (C=O) groups excluding carboxylic acids is 2. The van der Waals surface area contributed by atoms with Gasteiger partial charge in [0, 0.05) is 25.2 Å². The lowest BCUT2D eigenvalue weighted by Crippen LogP contribution is -2.55. The third-order valence-corrected chi connectivity index (χ3v) is 6.47. The van der Waals surface area contributed by atoms with Gasteiger partial charge in [-0.25, -0.2) is 9.86 Å². The number of nitrogens with zero attached hydrogens (tertiary/aromatic N) is 2. The quantitative estimate of drug-likeness (QED) is 0.410. The van der Waals surface area contributed by atoms with Crippen molar-refractivity contribution in [3.05, 3.63) is 39.6 Å². The van der Waals surface area contributed by atoms with E-state index in [1.807, 2.05) is 19.9 Å². The monoisotopic (exact) mass is 482 g/mol. The lowest BCUT2D eigenvalue weighted by Gasteiger charge is -2.43. The Morgan fingerprint density at radius 1 is 1.15 bits per heavy atom. The van der Waals surface area contributed by atoms with Crippen LogP contribution in [-0.2, 0) is 28.7 Å². The lowest BCUT2D eigenvalue weighted by molar-refractivity contribution is -0.235. The molecule has 1 saturated heterocycles. The van der Waals surface area contributed by atoms with Crippen molar-refractivity contribution in [1.82, 2.24) is 10.1 Å². The number of halogens is 1. The molecule has 0 aromatic heterocycles. The van der Waals surface area contributed by atoms with Crippen LogP contribution >= 0.6 is 11.6 Å². The molecule has 10 heteroatoms. The van der Waals surface area contributed by atoms with Crippen molar-refractivity contribution in [3.63, 3.8) is 0 Å². The fourth-order valence-electron chi connectivity index (χ4n) is 4.38. The average molecular weight is 483 g/mol. The molecular weight excluding hydrogens is 452 g/mol. The summed E-state index contributed by atoms with van der Waals surface area (Å²) in [5.41, 5.74) is 1.41. The Balaban J connectivity index is 2.19. The first kappa shape index (κ1) is 25.5. The van der Waals surface area contributed by atoms with Crippen molar-refractivity contribution in [2.75, 3.05) is 47.1 Å². The van der Waals surface area contributed by atoms with Gasteiger partial charge in [0.05, 0.1) is 32.5 Å². The Morgan fingerprint density at radius 3 is 2.45 bits per heavy atom. The number of benzene rings is 1. The minimum atomic E-state index is -1.01. The smallest absolute Gasteiger partial charge is 0.434 e. The second kappa shape index (κ2) is 10.8. The van der Waals surface area contributed by atoms with Gasteiger partial charge in [-0.3, -0.25) is 9.63 Å². The van der Waals surface area contributed by atoms with E-state index in [2.05, 4.69) is 0 Å². The molecule has 0 saturated carbocycles. The molecule has 9 nitrogen and oxygen atoms in total. The molecule has 1 amide bonds. The molecule has 2 aliphatic rings. The van der Waals surface area contributed by atoms with Crippen molar-refractivity contribution >= 4 is 29.2 Å². The standard InChI is InChI=1S/C23H31ClN2O7/c1-6-31-22(28)33-20-19(18-15(2)7-8-17(24)16(18)3)21(27)26(32-14-13-29-4)23(20)9-11-25(30-5)12-10-23/h7-8H,6,9-14H2,1-5H3. The maximum Gasteiger partial charge on any atom is 0.513 e. The molecule has 0 bridgehead atoms. The average Bonchev–Trinajstić information content (AvgIpc) is 3.00. The summed E-state index contributed by atoms with van der Waals surface area (Å²) in [6.07, 6.45) is -0.0187. The van der Waals surface area contributed by atoms with Crippen molar-refractivity contribution in [1.29, 1.82) is 0 Å². The highest BCUT2D eigenvalue weighted by molar-refractivity contribution is 6.32. The topological polar surface area (TPSA) is 86.8 Å². The number of hydrogen-bond donors (Lipinski definition) is 0. The molecule has 1 spiro atoms. The molecule has 2 heterocycles. The molecular formula is C23H31ClN2O7. The van der Waals surface area contributed by atoms with E-state index in [0.717, 1.165) is 5.56 Å². The van der Waals surface area contributed by atoms with E-state index in [0.29, 0.717) is 48.7 Å². The maximum atomic E-state index is 13.9. The van der Waals surface area contributed by atoms with Gasteiger partial charge in [-0.2, -0.15) is 5.06 Å². The summed E-state index contributed by atoms with van der Waals surface area (Å²) in [5.74, 6) is -0.183. The first-order valence-electron chi connectivity index (χ1n) is 10.9. The van der Waals surface area contributed by atoms with Crippen molar-refractivity contribution in [2.45, 2.75) is 39.2 Å². The predicted molar refractivity (Wildman–Crippen MR) is 121 cm³/mol. The second-order valence-corrected chi connectivity index (χ2v) is 8.33. The Labute approximate surface area is 199 Å². The molecule has 0 atom stereocenters. The highest BCUT2D eigenvalue weighted by Gasteiger charge is 2.57. The molecule has 0 N–H and O–H groups in total. The zero-order chi connectivity index (χ0) is 24.2. The maximum absolute atomic E-state index is 13.9. The van der Waals surface area contributed by atoms with Crippen LogP contribution in [0.2, 0.25) is 5.02 Å². The van der Waals surface area contributed by atoms with Gasteiger partial charge in [0.1, 0.15) is 5.54 Å². The van der Waals surface area contributed by atoms with Crippen LogP contribution in [0.4, 0.5) is 4.79 Å². The van der Waals surface area contributed by atoms with Crippen LogP contribution in [0.15, 0.2) is 17.9 Å². The minimum absolute atomic E-state index is 0.142. The van der Waals surface area contributed by atoms with E-state index in [1.54, 1.807) is 32.3 Å². The van der Waals surface area contributed by atoms with Crippen molar-refractivity contribution in [3.8, 4) is 0 Å². The van der Waals surface area contributed by atoms with Gasteiger partial charge in [-0.15, -0.1) is 0 Å². The van der Waals surface area contributed by atoms with Gasteiger partial charge in [0.25, 0.3) is 5.91 Å². The van der Waals surface area contributed by atoms with Gasteiger partial charge in [-0.1, -0.05) is 17.7 Å². The summed E-state index contributed by atoms with van der Waals surface area (Å²) in [7, 11) is 3.15. The first-order chi connectivity index (χ1) is 15.8. The molecule has 1 aromatic carbocycles. The number of ether oxygens (including phenoxy) is 3. The van der Waals surface area contributed by atoms with Crippen LogP contribution in [-0.4, -0.2) is 74.9 Å². The summed E-state index contributed by atoms with van der Waals surface area (Å²) >= 11 is 6.42. The van der Waals surface area contributed by atoms with Crippen LogP contribution in [0.1, 0.15) is 36.5 Å². The molecule has 0 aliphatic carbocycles. The van der Waals surface area contributed by atoms with Crippen molar-refractivity contribution in [2.24, 2.45) is 0 Å². The lowest BCUT2D eigenvalue weighted by atomic mass is 9.85. The van der Waals surface area contributed by atoms with Crippen LogP contribution in [0.5, 0.6) is 0 Å². The highest BCUT2D eigenvalue weighted by atomic mass is 35.5. The van der Waals surface area contributed by atoms with E-state index in [1.165, 1.54) is 5.06 Å². The first-order valence-corrected chi connectivity index (χ1v) is 11.3. The van der Waals surface area contributed by atoms with E-state index in [9.17, 15) is 9.59 Å². The van der Waals surface area contributed by atoms with Crippen LogP contribution in [0.25, 0.3) is 5.57 Å².